The van der Waals surface area contributed by atoms with Crippen LogP contribution in [0.4, 0.5) is 0 Å². The van der Waals surface area contributed by atoms with Crippen molar-refractivity contribution < 1.29 is 4.74 Å². The summed E-state index contributed by atoms with van der Waals surface area (Å²) in [5, 5.41) is 0. The quantitative estimate of drug-likeness (QED) is 0.423. The van der Waals surface area contributed by atoms with Crippen LogP contribution in [0.15, 0.2) is 23.0 Å². The smallest absolute Gasteiger partial charge is 0.117 e. The van der Waals surface area contributed by atoms with Crippen molar-refractivity contribution in [2.75, 3.05) is 7.11 Å². The average molecular weight is 140 g/mol. The van der Waals surface area contributed by atoms with Gasteiger partial charge in [-0.3, -0.25) is 0 Å². The molecule has 0 fully saturated rings. The molecule has 0 heterocycles. The molecule has 0 unspecified atom stereocenters. The minimum absolute atomic E-state index is 0.972. The predicted molar refractivity (Wildman–Crippen MR) is 44.8 cm³/mol. The highest BCUT2D eigenvalue weighted by molar-refractivity contribution is 5.20. The van der Waals surface area contributed by atoms with Crippen LogP contribution in [0.2, 0.25) is 0 Å². The molecule has 0 rings (SSSR count). The summed E-state index contributed by atoms with van der Waals surface area (Å²) in [6, 6.07) is 0. The largest absolute Gasteiger partial charge is 0.497 e. The molecule has 58 valence electrons. The molecule has 0 radical (unpaired) electrons. The Morgan fingerprint density at radius 1 is 1.10 bits per heavy atom. The van der Waals surface area contributed by atoms with Gasteiger partial charge in [0.1, 0.15) is 5.76 Å². The first-order valence-electron chi connectivity index (χ1n) is 3.44. The van der Waals surface area contributed by atoms with Gasteiger partial charge in [0.2, 0.25) is 0 Å². The van der Waals surface area contributed by atoms with Gasteiger partial charge in [0.05, 0.1) is 7.11 Å². The highest BCUT2D eigenvalue weighted by Gasteiger charge is 1.91. The standard InChI is InChI=1S/C9H16O/c1-7(2)6-9(10-5)8(3)4/h6H,1-5H3. The van der Waals surface area contributed by atoms with E-state index in [1.807, 2.05) is 19.9 Å². The van der Waals surface area contributed by atoms with Crippen LogP contribution in [0.1, 0.15) is 27.7 Å². The summed E-state index contributed by atoms with van der Waals surface area (Å²) < 4.78 is 5.13. The Labute approximate surface area is 63.4 Å². The predicted octanol–water partition coefficient (Wildman–Crippen LogP) is 2.89. The summed E-state index contributed by atoms with van der Waals surface area (Å²) in [4.78, 5) is 0. The van der Waals surface area contributed by atoms with Crippen LogP contribution in [-0.4, -0.2) is 7.11 Å². The highest BCUT2D eigenvalue weighted by Crippen LogP contribution is 2.07. The molecule has 0 saturated heterocycles. The lowest BCUT2D eigenvalue weighted by atomic mass is 10.2. The molecule has 0 amide bonds. The lowest BCUT2D eigenvalue weighted by molar-refractivity contribution is 0.302. The zero-order valence-corrected chi connectivity index (χ0v) is 7.49. The fraction of sp³-hybridized carbons (Fsp3) is 0.556. The molecular formula is C9H16O. The highest BCUT2D eigenvalue weighted by atomic mass is 16.5. The number of hydrogen-bond donors (Lipinski definition) is 0. The summed E-state index contributed by atoms with van der Waals surface area (Å²) >= 11 is 0. The maximum absolute atomic E-state index is 5.13. The second-order valence-electron chi connectivity index (χ2n) is 2.79. The minimum atomic E-state index is 0.972. The second-order valence-corrected chi connectivity index (χ2v) is 2.79. The molecule has 0 bridgehead atoms. The van der Waals surface area contributed by atoms with E-state index in [1.54, 1.807) is 7.11 Å². The number of rotatable bonds is 2. The van der Waals surface area contributed by atoms with Gasteiger partial charge in [-0.15, -0.1) is 0 Å². The molecule has 0 aliphatic heterocycles. The van der Waals surface area contributed by atoms with Crippen LogP contribution in [-0.2, 0) is 4.74 Å². The summed E-state index contributed by atoms with van der Waals surface area (Å²) in [5.74, 6) is 0.972. The Balaban J connectivity index is 4.40. The molecule has 0 aromatic rings. The van der Waals surface area contributed by atoms with E-state index in [2.05, 4.69) is 13.8 Å². The lowest BCUT2D eigenvalue weighted by Gasteiger charge is -2.02. The van der Waals surface area contributed by atoms with Crippen molar-refractivity contribution in [1.29, 1.82) is 0 Å². The SMILES string of the molecule is COC(C=C(C)C)=C(C)C. The maximum Gasteiger partial charge on any atom is 0.117 e. The fourth-order valence-corrected chi connectivity index (χ4v) is 0.670. The topological polar surface area (TPSA) is 9.23 Å². The lowest BCUT2D eigenvalue weighted by Crippen LogP contribution is -1.85. The molecule has 0 aromatic carbocycles. The van der Waals surface area contributed by atoms with Crippen LogP contribution in [0.5, 0.6) is 0 Å². The molecule has 0 atom stereocenters. The van der Waals surface area contributed by atoms with Gasteiger partial charge in [-0.2, -0.15) is 0 Å². The van der Waals surface area contributed by atoms with Gasteiger partial charge in [-0.1, -0.05) is 5.57 Å². The van der Waals surface area contributed by atoms with Gasteiger partial charge in [0, 0.05) is 0 Å². The first-order chi connectivity index (χ1) is 4.57. The van der Waals surface area contributed by atoms with Gasteiger partial charge in [0.15, 0.2) is 0 Å². The van der Waals surface area contributed by atoms with Crippen LogP contribution >= 0.6 is 0 Å². The molecule has 0 aliphatic carbocycles. The molecule has 0 aromatic heterocycles. The third-order valence-electron chi connectivity index (χ3n) is 1.13. The van der Waals surface area contributed by atoms with Crippen molar-refractivity contribution in [1.82, 2.24) is 0 Å². The Morgan fingerprint density at radius 3 is 1.70 bits per heavy atom. The van der Waals surface area contributed by atoms with Crippen molar-refractivity contribution in [3.8, 4) is 0 Å². The van der Waals surface area contributed by atoms with E-state index in [1.165, 1.54) is 11.1 Å². The van der Waals surface area contributed by atoms with Crippen molar-refractivity contribution in [2.45, 2.75) is 27.7 Å². The first kappa shape index (κ1) is 9.28. The van der Waals surface area contributed by atoms with Gasteiger partial charge >= 0.3 is 0 Å². The van der Waals surface area contributed by atoms with Gasteiger partial charge in [0.25, 0.3) is 0 Å². The summed E-state index contributed by atoms with van der Waals surface area (Å²) in [6.45, 7) is 8.19. The van der Waals surface area contributed by atoms with Crippen molar-refractivity contribution in [2.24, 2.45) is 0 Å². The molecule has 10 heavy (non-hydrogen) atoms. The summed E-state index contributed by atoms with van der Waals surface area (Å²) in [6.07, 6.45) is 2.04. The number of allylic oxidation sites excluding steroid dienone is 3. The monoisotopic (exact) mass is 140 g/mol. The van der Waals surface area contributed by atoms with Crippen molar-refractivity contribution >= 4 is 0 Å². The van der Waals surface area contributed by atoms with Gasteiger partial charge in [-0.05, 0) is 39.3 Å². The minimum Gasteiger partial charge on any atom is -0.497 e. The third kappa shape index (κ3) is 3.33. The molecule has 0 spiro atoms. The van der Waals surface area contributed by atoms with Crippen LogP contribution in [0.3, 0.4) is 0 Å². The number of methoxy groups -OCH3 is 1. The van der Waals surface area contributed by atoms with E-state index in [9.17, 15) is 0 Å². The molecule has 1 nitrogen and oxygen atoms in total. The van der Waals surface area contributed by atoms with Gasteiger partial charge < -0.3 is 4.74 Å². The van der Waals surface area contributed by atoms with E-state index >= 15 is 0 Å². The average Bonchev–Trinajstić information content (AvgIpc) is 1.81. The van der Waals surface area contributed by atoms with E-state index < -0.39 is 0 Å². The van der Waals surface area contributed by atoms with E-state index in [0.717, 1.165) is 5.76 Å². The van der Waals surface area contributed by atoms with E-state index in [4.69, 9.17) is 4.74 Å². The normalized spacial score (nSPS) is 8.50. The maximum atomic E-state index is 5.13. The number of hydrogen-bond acceptors (Lipinski definition) is 1. The van der Waals surface area contributed by atoms with E-state index in [-0.39, 0.29) is 0 Å². The molecular weight excluding hydrogens is 124 g/mol. The van der Waals surface area contributed by atoms with E-state index in [0.29, 0.717) is 0 Å². The summed E-state index contributed by atoms with van der Waals surface area (Å²) in [7, 11) is 1.70. The molecule has 1 heteroatoms. The Hall–Kier alpha value is -0.720. The second kappa shape index (κ2) is 4.15. The Kier molecular flexibility index (Phi) is 3.85. The van der Waals surface area contributed by atoms with Crippen molar-refractivity contribution in [3.63, 3.8) is 0 Å². The van der Waals surface area contributed by atoms with Crippen molar-refractivity contribution in [3.05, 3.63) is 23.0 Å². The molecule has 0 aliphatic rings. The first-order valence-corrected chi connectivity index (χ1v) is 3.44. The molecule has 0 N–H and O–H groups in total. The fourth-order valence-electron chi connectivity index (χ4n) is 0.670. The summed E-state index contributed by atoms with van der Waals surface area (Å²) in [5.41, 5.74) is 2.47. The van der Waals surface area contributed by atoms with Crippen LogP contribution in [0, 0.1) is 0 Å². The number of ether oxygens (including phenoxy) is 1. The third-order valence-corrected chi connectivity index (χ3v) is 1.13. The van der Waals surface area contributed by atoms with Crippen LogP contribution < -0.4 is 0 Å². The van der Waals surface area contributed by atoms with Gasteiger partial charge in [-0.25, -0.2) is 0 Å². The Morgan fingerprint density at radius 2 is 1.60 bits per heavy atom. The zero-order chi connectivity index (χ0) is 8.15. The van der Waals surface area contributed by atoms with Crippen LogP contribution in [0.25, 0.3) is 0 Å². The molecule has 0 saturated carbocycles. The zero-order valence-electron chi connectivity index (χ0n) is 7.49. The Bertz CT molecular complexity index is 156.